The minimum atomic E-state index is -0.228. The molecule has 0 bridgehead atoms. The zero-order valence-electron chi connectivity index (χ0n) is 6.80. The van der Waals surface area contributed by atoms with Crippen LogP contribution in [0, 0.1) is 0 Å². The molecule has 0 aromatic carbocycles. The van der Waals surface area contributed by atoms with Gasteiger partial charge in [0.05, 0.1) is 6.10 Å². The molecule has 0 aliphatic rings. The highest BCUT2D eigenvalue weighted by molar-refractivity contribution is 4.63. The van der Waals surface area contributed by atoms with Crippen LogP contribution in [0.3, 0.4) is 0 Å². The van der Waals surface area contributed by atoms with E-state index in [0.29, 0.717) is 19.1 Å². The number of aliphatic hydroxyl groups is 1. The van der Waals surface area contributed by atoms with Crippen molar-refractivity contribution >= 4 is 0 Å². The molecule has 0 aromatic rings. The fraction of sp³-hybridized carbons (Fsp3) is 1.00. The quantitative estimate of drug-likeness (QED) is 0.499. The summed E-state index contributed by atoms with van der Waals surface area (Å²) in [6.45, 7) is 5.23. The van der Waals surface area contributed by atoms with Crippen LogP contribution < -0.4 is 11.1 Å². The van der Waals surface area contributed by atoms with Gasteiger partial charge in [-0.2, -0.15) is 0 Å². The van der Waals surface area contributed by atoms with Crippen LogP contribution in [0.25, 0.3) is 0 Å². The van der Waals surface area contributed by atoms with E-state index in [1.807, 2.05) is 13.8 Å². The van der Waals surface area contributed by atoms with E-state index in [1.54, 1.807) is 0 Å². The number of nitrogens with two attached hydrogens (primary N) is 1. The number of rotatable bonds is 5. The van der Waals surface area contributed by atoms with Crippen molar-refractivity contribution in [3.8, 4) is 0 Å². The van der Waals surface area contributed by atoms with Gasteiger partial charge in [0.2, 0.25) is 0 Å². The third kappa shape index (κ3) is 4.73. The van der Waals surface area contributed by atoms with E-state index in [9.17, 15) is 0 Å². The molecule has 0 amide bonds. The first kappa shape index (κ1) is 9.88. The minimum absolute atomic E-state index is 0.228. The van der Waals surface area contributed by atoms with Crippen LogP contribution in [-0.2, 0) is 0 Å². The maximum atomic E-state index is 9.10. The fourth-order valence-electron chi connectivity index (χ4n) is 0.565. The summed E-state index contributed by atoms with van der Waals surface area (Å²) in [6, 6.07) is 0.307. The highest BCUT2D eigenvalue weighted by Gasteiger charge is 2.01. The zero-order valence-corrected chi connectivity index (χ0v) is 6.80. The number of hydrogen-bond donors (Lipinski definition) is 3. The van der Waals surface area contributed by atoms with Crippen LogP contribution >= 0.6 is 0 Å². The molecular weight excluding hydrogens is 128 g/mol. The summed E-state index contributed by atoms with van der Waals surface area (Å²) in [5, 5.41) is 12.2. The third-order valence-electron chi connectivity index (χ3n) is 1.53. The van der Waals surface area contributed by atoms with Crippen LogP contribution in [-0.4, -0.2) is 30.3 Å². The summed E-state index contributed by atoms with van der Waals surface area (Å²) in [5.41, 5.74) is 5.36. The summed E-state index contributed by atoms with van der Waals surface area (Å²) < 4.78 is 0. The molecule has 0 saturated carbocycles. The second-order valence-corrected chi connectivity index (χ2v) is 2.61. The van der Waals surface area contributed by atoms with Gasteiger partial charge in [-0.05, 0) is 13.3 Å². The normalized spacial score (nSPS) is 16.8. The lowest BCUT2D eigenvalue weighted by Crippen LogP contribution is -2.38. The lowest BCUT2D eigenvalue weighted by atomic mass is 10.2. The number of nitrogens with one attached hydrogen (secondary N) is 1. The van der Waals surface area contributed by atoms with Crippen LogP contribution in [0.15, 0.2) is 0 Å². The lowest BCUT2D eigenvalue weighted by Gasteiger charge is -2.13. The van der Waals surface area contributed by atoms with Gasteiger partial charge in [0, 0.05) is 19.1 Å². The summed E-state index contributed by atoms with van der Waals surface area (Å²) in [4.78, 5) is 0. The predicted octanol–water partition coefficient (Wildman–Crippen LogP) is -0.306. The van der Waals surface area contributed by atoms with Gasteiger partial charge in [-0.1, -0.05) is 6.92 Å². The summed E-state index contributed by atoms with van der Waals surface area (Å²) in [7, 11) is 0. The summed E-state index contributed by atoms with van der Waals surface area (Å²) in [6.07, 6.45) is 0.568. The second kappa shape index (κ2) is 5.65. The van der Waals surface area contributed by atoms with Crippen molar-refractivity contribution < 1.29 is 5.11 Å². The Kier molecular flexibility index (Phi) is 5.58. The van der Waals surface area contributed by atoms with Gasteiger partial charge in [-0.15, -0.1) is 0 Å². The molecule has 3 nitrogen and oxygen atoms in total. The average Bonchev–Trinajstić information content (AvgIpc) is 1.99. The standard InChI is InChI=1S/C7H18N2O/c1-3-7(10)5-9-6(2)4-8/h6-7,9-10H,3-5,8H2,1-2H3. The van der Waals surface area contributed by atoms with Crippen LogP contribution in [0.1, 0.15) is 20.3 Å². The van der Waals surface area contributed by atoms with Gasteiger partial charge in [0.25, 0.3) is 0 Å². The first-order chi connectivity index (χ1) is 4.70. The van der Waals surface area contributed by atoms with E-state index in [1.165, 1.54) is 0 Å². The maximum Gasteiger partial charge on any atom is 0.0662 e. The Balaban J connectivity index is 3.17. The highest BCUT2D eigenvalue weighted by atomic mass is 16.3. The smallest absolute Gasteiger partial charge is 0.0662 e. The molecule has 0 aliphatic carbocycles. The lowest BCUT2D eigenvalue weighted by molar-refractivity contribution is 0.164. The molecule has 10 heavy (non-hydrogen) atoms. The average molecular weight is 146 g/mol. The first-order valence-electron chi connectivity index (χ1n) is 3.82. The molecule has 0 rings (SSSR count). The third-order valence-corrected chi connectivity index (χ3v) is 1.53. The molecule has 3 heteroatoms. The molecule has 0 aromatic heterocycles. The van der Waals surface area contributed by atoms with Crippen molar-refractivity contribution in [2.75, 3.05) is 13.1 Å². The van der Waals surface area contributed by atoms with Crippen LogP contribution in [0.5, 0.6) is 0 Å². The minimum Gasteiger partial charge on any atom is -0.392 e. The van der Waals surface area contributed by atoms with Crippen molar-refractivity contribution in [2.24, 2.45) is 5.73 Å². The van der Waals surface area contributed by atoms with Gasteiger partial charge in [-0.25, -0.2) is 0 Å². The number of aliphatic hydroxyl groups excluding tert-OH is 1. The van der Waals surface area contributed by atoms with E-state index in [4.69, 9.17) is 10.8 Å². The summed E-state index contributed by atoms with van der Waals surface area (Å²) >= 11 is 0. The van der Waals surface area contributed by atoms with E-state index in [0.717, 1.165) is 6.42 Å². The molecule has 0 aliphatic heterocycles. The van der Waals surface area contributed by atoms with Gasteiger partial charge >= 0.3 is 0 Å². The Morgan fingerprint density at radius 2 is 2.20 bits per heavy atom. The van der Waals surface area contributed by atoms with Crippen LogP contribution in [0.2, 0.25) is 0 Å². The highest BCUT2D eigenvalue weighted by Crippen LogP contribution is 1.87. The van der Waals surface area contributed by atoms with E-state index >= 15 is 0 Å². The molecule has 2 atom stereocenters. The predicted molar refractivity (Wildman–Crippen MR) is 42.8 cm³/mol. The van der Waals surface area contributed by atoms with Gasteiger partial charge < -0.3 is 16.2 Å². The largest absolute Gasteiger partial charge is 0.392 e. The van der Waals surface area contributed by atoms with Crippen molar-refractivity contribution in [1.82, 2.24) is 5.32 Å². The van der Waals surface area contributed by atoms with Gasteiger partial charge in [0.15, 0.2) is 0 Å². The van der Waals surface area contributed by atoms with Gasteiger partial charge in [0.1, 0.15) is 0 Å². The first-order valence-corrected chi connectivity index (χ1v) is 3.82. The zero-order chi connectivity index (χ0) is 7.98. The van der Waals surface area contributed by atoms with E-state index in [-0.39, 0.29) is 6.10 Å². The molecule has 0 saturated heterocycles. The van der Waals surface area contributed by atoms with Crippen molar-refractivity contribution in [3.63, 3.8) is 0 Å². The van der Waals surface area contributed by atoms with E-state index < -0.39 is 0 Å². The Hall–Kier alpha value is -0.120. The summed E-state index contributed by atoms with van der Waals surface area (Å²) in [5.74, 6) is 0. The van der Waals surface area contributed by atoms with Crippen molar-refractivity contribution in [1.29, 1.82) is 0 Å². The Bertz CT molecular complexity index is 68.0. The monoisotopic (exact) mass is 146 g/mol. The molecule has 0 radical (unpaired) electrons. The second-order valence-electron chi connectivity index (χ2n) is 2.61. The molecule has 0 fully saturated rings. The van der Waals surface area contributed by atoms with Crippen molar-refractivity contribution in [3.05, 3.63) is 0 Å². The maximum absolute atomic E-state index is 9.10. The van der Waals surface area contributed by atoms with E-state index in [2.05, 4.69) is 5.32 Å². The molecule has 2 unspecified atom stereocenters. The molecular formula is C7H18N2O. The van der Waals surface area contributed by atoms with Crippen LogP contribution in [0.4, 0.5) is 0 Å². The van der Waals surface area contributed by atoms with Gasteiger partial charge in [-0.3, -0.25) is 0 Å². The Morgan fingerprint density at radius 1 is 1.60 bits per heavy atom. The van der Waals surface area contributed by atoms with Crippen molar-refractivity contribution in [2.45, 2.75) is 32.4 Å². The SMILES string of the molecule is CCC(O)CNC(C)CN. The Labute approximate surface area is 62.6 Å². The molecule has 0 spiro atoms. The molecule has 0 heterocycles. The molecule has 62 valence electrons. The Morgan fingerprint density at radius 3 is 2.60 bits per heavy atom. The fourth-order valence-corrected chi connectivity index (χ4v) is 0.565. The topological polar surface area (TPSA) is 58.3 Å². The molecule has 4 N–H and O–H groups in total. The number of hydrogen-bond acceptors (Lipinski definition) is 3.